The van der Waals surface area contributed by atoms with Crippen molar-refractivity contribution in [1.29, 1.82) is 0 Å². The predicted molar refractivity (Wildman–Crippen MR) is 65.0 cm³/mol. The number of benzene rings is 1. The summed E-state index contributed by atoms with van der Waals surface area (Å²) >= 11 is 0. The van der Waals surface area contributed by atoms with Crippen molar-refractivity contribution in [2.75, 3.05) is 25.5 Å². The van der Waals surface area contributed by atoms with E-state index in [-0.39, 0.29) is 10.8 Å². The van der Waals surface area contributed by atoms with Crippen LogP contribution in [-0.4, -0.2) is 28.2 Å². The molecule has 0 amide bonds. The molecule has 1 aliphatic heterocycles. The molecule has 1 heterocycles. The van der Waals surface area contributed by atoms with Crippen LogP contribution in [0.3, 0.4) is 0 Å². The van der Waals surface area contributed by atoms with Crippen molar-refractivity contribution in [3.63, 3.8) is 0 Å². The second-order valence-electron chi connectivity index (χ2n) is 4.15. The number of rotatable bonds is 4. The van der Waals surface area contributed by atoms with E-state index in [1.165, 1.54) is 12.1 Å². The highest BCUT2D eigenvalue weighted by molar-refractivity contribution is 7.89. The van der Waals surface area contributed by atoms with E-state index in [0.29, 0.717) is 25.4 Å². The highest BCUT2D eigenvalue weighted by Gasteiger charge is 2.20. The summed E-state index contributed by atoms with van der Waals surface area (Å²) in [4.78, 5) is 0.205. The lowest BCUT2D eigenvalue weighted by atomic mass is 10.1. The number of ether oxygens (including phenoxy) is 1. The molecule has 1 aliphatic rings. The summed E-state index contributed by atoms with van der Waals surface area (Å²) in [6.07, 6.45) is 0.902. The Bertz CT molecular complexity index is 481. The van der Waals surface area contributed by atoms with Gasteiger partial charge in [-0.2, -0.15) is 0 Å². The fraction of sp³-hybridized carbons (Fsp3) is 0.455. The van der Waals surface area contributed by atoms with E-state index in [1.807, 2.05) is 0 Å². The summed E-state index contributed by atoms with van der Waals surface area (Å²) in [6.45, 7) is 1.75. The van der Waals surface area contributed by atoms with Gasteiger partial charge in [0, 0.05) is 18.8 Å². The molecule has 0 aromatic heterocycles. The Morgan fingerprint density at radius 1 is 1.47 bits per heavy atom. The van der Waals surface area contributed by atoms with Gasteiger partial charge < -0.3 is 10.5 Å². The smallest absolute Gasteiger partial charge is 0.240 e. The monoisotopic (exact) mass is 256 g/mol. The first-order valence-electron chi connectivity index (χ1n) is 5.51. The average molecular weight is 256 g/mol. The van der Waals surface area contributed by atoms with Crippen molar-refractivity contribution in [3.05, 3.63) is 24.3 Å². The second-order valence-corrected chi connectivity index (χ2v) is 5.92. The van der Waals surface area contributed by atoms with Crippen LogP contribution in [0, 0.1) is 5.92 Å². The van der Waals surface area contributed by atoms with E-state index >= 15 is 0 Å². The third kappa shape index (κ3) is 3.18. The number of nitrogens with one attached hydrogen (secondary N) is 1. The van der Waals surface area contributed by atoms with Gasteiger partial charge in [0.15, 0.2) is 0 Å². The molecular weight excluding hydrogens is 240 g/mol. The zero-order valence-corrected chi connectivity index (χ0v) is 10.2. The molecule has 1 atom stereocenters. The zero-order chi connectivity index (χ0) is 12.3. The molecular formula is C11H16N2O3S. The molecule has 0 spiro atoms. The fourth-order valence-corrected chi connectivity index (χ4v) is 2.91. The number of hydrogen-bond acceptors (Lipinski definition) is 4. The van der Waals surface area contributed by atoms with Gasteiger partial charge in [-0.25, -0.2) is 13.1 Å². The average Bonchev–Trinajstić information content (AvgIpc) is 2.79. The van der Waals surface area contributed by atoms with Gasteiger partial charge in [-0.3, -0.25) is 0 Å². The van der Waals surface area contributed by atoms with Crippen LogP contribution in [0.25, 0.3) is 0 Å². The van der Waals surface area contributed by atoms with Crippen LogP contribution in [0.4, 0.5) is 5.69 Å². The van der Waals surface area contributed by atoms with Crippen LogP contribution in [0.5, 0.6) is 0 Å². The first kappa shape index (κ1) is 12.3. The van der Waals surface area contributed by atoms with E-state index in [0.717, 1.165) is 6.42 Å². The summed E-state index contributed by atoms with van der Waals surface area (Å²) in [5, 5.41) is 0. The van der Waals surface area contributed by atoms with Crippen LogP contribution in [0.1, 0.15) is 6.42 Å². The van der Waals surface area contributed by atoms with Crippen molar-refractivity contribution >= 4 is 15.7 Å². The SMILES string of the molecule is Nc1cccc(S(=O)(=O)NCC2CCOC2)c1. The molecule has 1 aromatic carbocycles. The van der Waals surface area contributed by atoms with Crippen LogP contribution < -0.4 is 10.5 Å². The molecule has 2 rings (SSSR count). The van der Waals surface area contributed by atoms with Gasteiger partial charge >= 0.3 is 0 Å². The Kier molecular flexibility index (Phi) is 3.66. The Balaban J connectivity index is 2.03. The molecule has 3 N–H and O–H groups in total. The van der Waals surface area contributed by atoms with Gasteiger partial charge in [-0.15, -0.1) is 0 Å². The molecule has 1 fully saturated rings. The Morgan fingerprint density at radius 2 is 2.29 bits per heavy atom. The number of hydrogen-bond donors (Lipinski definition) is 2. The van der Waals surface area contributed by atoms with Gasteiger partial charge in [-0.1, -0.05) is 6.07 Å². The van der Waals surface area contributed by atoms with Crippen LogP contribution >= 0.6 is 0 Å². The first-order chi connectivity index (χ1) is 8.08. The van der Waals surface area contributed by atoms with Crippen LogP contribution in [0.2, 0.25) is 0 Å². The minimum atomic E-state index is -3.46. The number of anilines is 1. The Hall–Kier alpha value is -1.11. The Labute approximate surface area is 101 Å². The summed E-state index contributed by atoms with van der Waals surface area (Å²) in [5.41, 5.74) is 6.00. The molecule has 94 valence electrons. The maximum atomic E-state index is 11.9. The lowest BCUT2D eigenvalue weighted by Crippen LogP contribution is -2.29. The van der Waals surface area contributed by atoms with Crippen molar-refractivity contribution in [2.45, 2.75) is 11.3 Å². The minimum Gasteiger partial charge on any atom is -0.399 e. The fourth-order valence-electron chi connectivity index (χ4n) is 1.74. The van der Waals surface area contributed by atoms with Crippen molar-refractivity contribution < 1.29 is 13.2 Å². The van der Waals surface area contributed by atoms with E-state index < -0.39 is 10.0 Å². The molecule has 17 heavy (non-hydrogen) atoms. The molecule has 1 aromatic rings. The number of nitrogens with two attached hydrogens (primary N) is 1. The summed E-state index contributed by atoms with van der Waals surface area (Å²) < 4.78 is 31.6. The molecule has 6 heteroatoms. The normalized spacial score (nSPS) is 20.6. The third-order valence-electron chi connectivity index (χ3n) is 2.75. The number of nitrogen functional groups attached to an aromatic ring is 1. The highest BCUT2D eigenvalue weighted by atomic mass is 32.2. The molecule has 1 saturated heterocycles. The predicted octanol–water partition coefficient (Wildman–Crippen LogP) is 0.584. The zero-order valence-electron chi connectivity index (χ0n) is 9.43. The van der Waals surface area contributed by atoms with Gasteiger partial charge in [0.1, 0.15) is 0 Å². The number of sulfonamides is 1. The Morgan fingerprint density at radius 3 is 2.94 bits per heavy atom. The summed E-state index contributed by atoms with van der Waals surface area (Å²) in [7, 11) is -3.46. The summed E-state index contributed by atoms with van der Waals surface area (Å²) in [6, 6.07) is 6.27. The standard InChI is InChI=1S/C11H16N2O3S/c12-10-2-1-3-11(6-10)17(14,15)13-7-9-4-5-16-8-9/h1-3,6,9,13H,4-5,7-8,12H2. The first-order valence-corrected chi connectivity index (χ1v) is 6.99. The van der Waals surface area contributed by atoms with Crippen LogP contribution in [-0.2, 0) is 14.8 Å². The quantitative estimate of drug-likeness (QED) is 0.772. The topological polar surface area (TPSA) is 81.4 Å². The molecule has 0 radical (unpaired) electrons. The lowest BCUT2D eigenvalue weighted by Gasteiger charge is -2.10. The largest absolute Gasteiger partial charge is 0.399 e. The third-order valence-corrected chi connectivity index (χ3v) is 4.18. The molecule has 5 nitrogen and oxygen atoms in total. The van der Waals surface area contributed by atoms with Crippen molar-refractivity contribution in [1.82, 2.24) is 4.72 Å². The van der Waals surface area contributed by atoms with E-state index in [9.17, 15) is 8.42 Å². The summed E-state index contributed by atoms with van der Waals surface area (Å²) in [5.74, 6) is 0.269. The molecule has 1 unspecified atom stereocenters. The van der Waals surface area contributed by atoms with E-state index in [2.05, 4.69) is 4.72 Å². The maximum absolute atomic E-state index is 11.9. The van der Waals surface area contributed by atoms with Crippen molar-refractivity contribution in [2.24, 2.45) is 5.92 Å². The maximum Gasteiger partial charge on any atom is 0.240 e. The van der Waals surface area contributed by atoms with Gasteiger partial charge in [-0.05, 0) is 30.5 Å². The van der Waals surface area contributed by atoms with E-state index in [1.54, 1.807) is 12.1 Å². The van der Waals surface area contributed by atoms with Crippen molar-refractivity contribution in [3.8, 4) is 0 Å². The molecule has 0 aliphatic carbocycles. The highest BCUT2D eigenvalue weighted by Crippen LogP contribution is 2.15. The van der Waals surface area contributed by atoms with Gasteiger partial charge in [0.05, 0.1) is 11.5 Å². The second kappa shape index (κ2) is 5.03. The molecule has 0 bridgehead atoms. The van der Waals surface area contributed by atoms with E-state index in [4.69, 9.17) is 10.5 Å². The lowest BCUT2D eigenvalue weighted by molar-refractivity contribution is 0.186. The minimum absolute atomic E-state index is 0.205. The molecule has 0 saturated carbocycles. The van der Waals surface area contributed by atoms with Gasteiger partial charge in [0.25, 0.3) is 0 Å². The van der Waals surface area contributed by atoms with Gasteiger partial charge in [0.2, 0.25) is 10.0 Å². The van der Waals surface area contributed by atoms with Crippen LogP contribution in [0.15, 0.2) is 29.2 Å².